The van der Waals surface area contributed by atoms with E-state index in [0.717, 1.165) is 0 Å². The van der Waals surface area contributed by atoms with Crippen molar-refractivity contribution in [2.24, 2.45) is 0 Å². The van der Waals surface area contributed by atoms with E-state index in [1.165, 1.54) is 12.1 Å². The molecule has 0 radical (unpaired) electrons. The standard InChI is InChI=1S/C7H4Cl2INO2/c8-3-4-1-5(9)2-6(10)7(4)11(12)13/h1-2H,3H2. The van der Waals surface area contributed by atoms with Gasteiger partial charge in [-0.05, 0) is 34.7 Å². The number of alkyl halides is 1. The summed E-state index contributed by atoms with van der Waals surface area (Å²) in [4.78, 5) is 10.2. The third kappa shape index (κ3) is 2.45. The number of hydrogen-bond donors (Lipinski definition) is 0. The van der Waals surface area contributed by atoms with Crippen LogP contribution >= 0.6 is 45.8 Å². The van der Waals surface area contributed by atoms with Crippen molar-refractivity contribution in [3.63, 3.8) is 0 Å². The fourth-order valence-corrected chi connectivity index (χ4v) is 2.43. The van der Waals surface area contributed by atoms with E-state index < -0.39 is 4.92 Å². The van der Waals surface area contributed by atoms with Crippen LogP contribution in [-0.2, 0) is 5.88 Å². The zero-order valence-corrected chi connectivity index (χ0v) is 9.93. The first-order chi connectivity index (χ1) is 6.06. The third-order valence-corrected chi connectivity index (χ3v) is 2.76. The molecule has 0 fully saturated rings. The molecule has 6 heteroatoms. The maximum absolute atomic E-state index is 10.6. The van der Waals surface area contributed by atoms with Gasteiger partial charge in [-0.15, -0.1) is 11.6 Å². The number of nitrogens with zero attached hydrogens (tertiary/aromatic N) is 1. The summed E-state index contributed by atoms with van der Waals surface area (Å²) in [6.45, 7) is 0. The molecule has 1 aromatic carbocycles. The van der Waals surface area contributed by atoms with Gasteiger partial charge in [-0.1, -0.05) is 11.6 Å². The van der Waals surface area contributed by atoms with Crippen molar-refractivity contribution < 1.29 is 4.92 Å². The van der Waals surface area contributed by atoms with Crippen LogP contribution in [0.2, 0.25) is 5.02 Å². The van der Waals surface area contributed by atoms with Crippen LogP contribution in [0.1, 0.15) is 5.56 Å². The van der Waals surface area contributed by atoms with E-state index in [4.69, 9.17) is 23.2 Å². The molecule has 0 aliphatic rings. The molecular weight excluding hydrogens is 328 g/mol. The van der Waals surface area contributed by atoms with E-state index in [1.54, 1.807) is 0 Å². The summed E-state index contributed by atoms with van der Waals surface area (Å²) in [5.74, 6) is 0.0902. The second kappa shape index (κ2) is 4.43. The van der Waals surface area contributed by atoms with Gasteiger partial charge < -0.3 is 0 Å². The number of halogens is 3. The molecule has 0 N–H and O–H groups in total. The first-order valence-electron chi connectivity index (χ1n) is 3.24. The van der Waals surface area contributed by atoms with Gasteiger partial charge in [-0.25, -0.2) is 0 Å². The minimum atomic E-state index is -0.449. The van der Waals surface area contributed by atoms with E-state index in [-0.39, 0.29) is 11.6 Å². The van der Waals surface area contributed by atoms with Crippen LogP contribution in [0.15, 0.2) is 12.1 Å². The average Bonchev–Trinajstić information content (AvgIpc) is 2.01. The van der Waals surface area contributed by atoms with E-state index in [0.29, 0.717) is 14.2 Å². The zero-order chi connectivity index (χ0) is 10.0. The predicted molar refractivity (Wildman–Crippen MR) is 60.4 cm³/mol. The highest BCUT2D eigenvalue weighted by Gasteiger charge is 2.18. The van der Waals surface area contributed by atoms with E-state index in [2.05, 4.69) is 0 Å². The fourth-order valence-electron chi connectivity index (χ4n) is 0.926. The molecule has 0 amide bonds. The molecule has 0 spiro atoms. The highest BCUT2D eigenvalue weighted by Crippen LogP contribution is 2.30. The van der Waals surface area contributed by atoms with Crippen LogP contribution in [0.4, 0.5) is 5.69 Å². The lowest BCUT2D eigenvalue weighted by molar-refractivity contribution is -0.386. The van der Waals surface area contributed by atoms with Crippen molar-refractivity contribution in [1.29, 1.82) is 0 Å². The molecular formula is C7H4Cl2INO2. The largest absolute Gasteiger partial charge is 0.287 e. The van der Waals surface area contributed by atoms with Crippen LogP contribution < -0.4 is 0 Å². The van der Waals surface area contributed by atoms with Crippen molar-refractivity contribution in [3.8, 4) is 0 Å². The van der Waals surface area contributed by atoms with Crippen LogP contribution in [0.5, 0.6) is 0 Å². The Morgan fingerprint density at radius 3 is 2.62 bits per heavy atom. The lowest BCUT2D eigenvalue weighted by atomic mass is 10.2. The van der Waals surface area contributed by atoms with E-state index in [9.17, 15) is 10.1 Å². The van der Waals surface area contributed by atoms with Crippen LogP contribution in [0, 0.1) is 13.7 Å². The normalized spacial score (nSPS) is 10.1. The van der Waals surface area contributed by atoms with Gasteiger partial charge in [0.15, 0.2) is 0 Å². The van der Waals surface area contributed by atoms with Crippen molar-refractivity contribution in [2.45, 2.75) is 5.88 Å². The molecule has 0 bridgehead atoms. The zero-order valence-electron chi connectivity index (χ0n) is 6.26. The van der Waals surface area contributed by atoms with Crippen molar-refractivity contribution in [1.82, 2.24) is 0 Å². The number of nitro benzene ring substituents is 1. The Balaban J connectivity index is 3.38. The SMILES string of the molecule is O=[N+]([O-])c1c(I)cc(Cl)cc1CCl. The highest BCUT2D eigenvalue weighted by atomic mass is 127. The summed E-state index contributed by atoms with van der Waals surface area (Å²) < 4.78 is 0.505. The Labute approximate surface area is 98.3 Å². The van der Waals surface area contributed by atoms with Gasteiger partial charge in [0.1, 0.15) is 0 Å². The molecule has 13 heavy (non-hydrogen) atoms. The van der Waals surface area contributed by atoms with E-state index in [1.807, 2.05) is 22.6 Å². The van der Waals surface area contributed by atoms with Crippen LogP contribution in [0.25, 0.3) is 0 Å². The summed E-state index contributed by atoms with van der Waals surface area (Å²) in [7, 11) is 0. The number of benzene rings is 1. The first kappa shape index (κ1) is 11.0. The summed E-state index contributed by atoms with van der Waals surface area (Å²) in [6, 6.07) is 3.05. The Morgan fingerprint density at radius 2 is 2.15 bits per heavy atom. The lowest BCUT2D eigenvalue weighted by Crippen LogP contribution is -1.96. The van der Waals surface area contributed by atoms with Gasteiger partial charge in [0, 0.05) is 10.6 Å². The monoisotopic (exact) mass is 331 g/mol. The van der Waals surface area contributed by atoms with Gasteiger partial charge in [0.25, 0.3) is 5.69 Å². The maximum atomic E-state index is 10.6. The average molecular weight is 332 g/mol. The Morgan fingerprint density at radius 1 is 1.54 bits per heavy atom. The summed E-state index contributed by atoms with van der Waals surface area (Å²) in [5, 5.41) is 11.1. The third-order valence-electron chi connectivity index (χ3n) is 1.43. The quantitative estimate of drug-likeness (QED) is 0.360. The minimum absolute atomic E-state index is 0.0417. The van der Waals surface area contributed by atoms with Crippen LogP contribution in [-0.4, -0.2) is 4.92 Å². The predicted octanol–water partition coefficient (Wildman–Crippen LogP) is 3.59. The fraction of sp³-hybridized carbons (Fsp3) is 0.143. The molecule has 0 saturated heterocycles. The highest BCUT2D eigenvalue weighted by molar-refractivity contribution is 14.1. The maximum Gasteiger partial charge on any atom is 0.287 e. The van der Waals surface area contributed by atoms with Crippen molar-refractivity contribution in [2.75, 3.05) is 0 Å². The molecule has 0 aliphatic carbocycles. The van der Waals surface area contributed by atoms with E-state index >= 15 is 0 Å². The van der Waals surface area contributed by atoms with Crippen molar-refractivity contribution in [3.05, 3.63) is 36.4 Å². The number of hydrogen-bond acceptors (Lipinski definition) is 2. The molecule has 0 aliphatic heterocycles. The number of nitro groups is 1. The van der Waals surface area contributed by atoms with Gasteiger partial charge >= 0.3 is 0 Å². The molecule has 0 heterocycles. The number of rotatable bonds is 2. The minimum Gasteiger partial charge on any atom is -0.258 e. The van der Waals surface area contributed by atoms with Gasteiger partial charge in [-0.2, -0.15) is 0 Å². The summed E-state index contributed by atoms with van der Waals surface area (Å²) in [5.41, 5.74) is 0.489. The summed E-state index contributed by atoms with van der Waals surface area (Å²) in [6.07, 6.45) is 0. The molecule has 0 atom stereocenters. The van der Waals surface area contributed by atoms with Crippen LogP contribution in [0.3, 0.4) is 0 Å². The molecule has 0 unspecified atom stereocenters. The second-order valence-electron chi connectivity index (χ2n) is 2.29. The Hall–Kier alpha value is -0.0700. The van der Waals surface area contributed by atoms with Gasteiger partial charge in [0.05, 0.1) is 14.4 Å². The van der Waals surface area contributed by atoms with Gasteiger partial charge in [0.2, 0.25) is 0 Å². The molecule has 0 aromatic heterocycles. The Kier molecular flexibility index (Phi) is 3.75. The second-order valence-corrected chi connectivity index (χ2v) is 4.15. The van der Waals surface area contributed by atoms with Crippen molar-refractivity contribution >= 4 is 51.5 Å². The molecule has 0 saturated carbocycles. The molecule has 70 valence electrons. The lowest BCUT2D eigenvalue weighted by Gasteiger charge is -2.01. The topological polar surface area (TPSA) is 43.1 Å². The summed E-state index contributed by atoms with van der Waals surface area (Å²) >= 11 is 13.1. The first-order valence-corrected chi connectivity index (χ1v) is 5.23. The Bertz CT molecular complexity index is 357. The molecule has 1 rings (SSSR count). The molecule has 1 aromatic rings. The smallest absolute Gasteiger partial charge is 0.258 e. The van der Waals surface area contributed by atoms with Gasteiger partial charge in [-0.3, -0.25) is 10.1 Å². The molecule has 3 nitrogen and oxygen atoms in total.